The van der Waals surface area contributed by atoms with Crippen LogP contribution in [0.3, 0.4) is 0 Å². The summed E-state index contributed by atoms with van der Waals surface area (Å²) in [6, 6.07) is 0. The number of amides is 1. The normalized spacial score (nSPS) is 11.5. The second-order valence-electron chi connectivity index (χ2n) is 11.5. The summed E-state index contributed by atoms with van der Waals surface area (Å²) in [4.78, 5) is 14.8. The first kappa shape index (κ1) is 35.4. The molecule has 0 aliphatic heterocycles. The minimum absolute atomic E-state index is 0.120. The summed E-state index contributed by atoms with van der Waals surface area (Å²) in [5.74, 6) is 0.190. The maximum Gasteiger partial charge on any atom is 0.248 e. The lowest BCUT2D eigenvalue weighted by Crippen LogP contribution is -2.36. The summed E-state index contributed by atoms with van der Waals surface area (Å²) < 4.78 is 5.62. The van der Waals surface area contributed by atoms with Crippen molar-refractivity contribution in [2.75, 3.05) is 19.7 Å². The predicted molar refractivity (Wildman–Crippen MR) is 160 cm³/mol. The van der Waals surface area contributed by atoms with E-state index in [2.05, 4.69) is 18.7 Å². The van der Waals surface area contributed by atoms with Crippen LogP contribution in [0.5, 0.6) is 0 Å². The number of carbonyl (C=O) groups excluding carboxylic acids is 1. The Morgan fingerprint density at radius 3 is 1.06 bits per heavy atom. The van der Waals surface area contributed by atoms with E-state index in [-0.39, 0.29) is 18.6 Å². The van der Waals surface area contributed by atoms with Crippen molar-refractivity contribution in [2.24, 2.45) is 0 Å². The topological polar surface area (TPSA) is 29.5 Å². The van der Waals surface area contributed by atoms with Gasteiger partial charge in [0.15, 0.2) is 0 Å². The van der Waals surface area contributed by atoms with E-state index in [9.17, 15) is 4.79 Å². The first-order chi connectivity index (χ1) is 17.6. The minimum atomic E-state index is 0.120. The van der Waals surface area contributed by atoms with Crippen LogP contribution in [0, 0.1) is 0 Å². The summed E-state index contributed by atoms with van der Waals surface area (Å²) in [5, 5.41) is 0. The molecular formula is C33H67NO2. The van der Waals surface area contributed by atoms with Crippen molar-refractivity contribution in [3.63, 3.8) is 0 Å². The molecule has 0 radical (unpaired) electrons. The Morgan fingerprint density at radius 1 is 0.500 bits per heavy atom. The summed E-state index contributed by atoms with van der Waals surface area (Å²) in [5.41, 5.74) is 0. The zero-order chi connectivity index (χ0) is 26.5. The molecule has 0 saturated carbocycles. The van der Waals surface area contributed by atoms with Crippen molar-refractivity contribution >= 4 is 5.91 Å². The molecule has 0 saturated heterocycles. The van der Waals surface area contributed by atoms with Crippen molar-refractivity contribution in [2.45, 2.75) is 188 Å². The van der Waals surface area contributed by atoms with Gasteiger partial charge in [-0.15, -0.1) is 0 Å². The van der Waals surface area contributed by atoms with E-state index in [1.165, 1.54) is 141 Å². The number of nitrogens with zero attached hydrogens (tertiary/aromatic N) is 1. The molecule has 0 aromatic carbocycles. The van der Waals surface area contributed by atoms with E-state index in [0.717, 1.165) is 25.9 Å². The molecule has 216 valence electrons. The van der Waals surface area contributed by atoms with E-state index in [1.807, 2.05) is 13.8 Å². The monoisotopic (exact) mass is 510 g/mol. The average Bonchev–Trinajstić information content (AvgIpc) is 2.87. The average molecular weight is 510 g/mol. The number of ether oxygens (including phenoxy) is 1. The molecule has 0 spiro atoms. The van der Waals surface area contributed by atoms with Crippen molar-refractivity contribution < 1.29 is 9.53 Å². The van der Waals surface area contributed by atoms with Gasteiger partial charge in [0.25, 0.3) is 0 Å². The van der Waals surface area contributed by atoms with Gasteiger partial charge in [-0.05, 0) is 26.7 Å². The van der Waals surface area contributed by atoms with Crippen molar-refractivity contribution in [1.29, 1.82) is 0 Å². The molecule has 3 heteroatoms. The molecule has 0 N–H and O–H groups in total. The van der Waals surface area contributed by atoms with Gasteiger partial charge in [0.1, 0.15) is 6.61 Å². The van der Waals surface area contributed by atoms with Crippen molar-refractivity contribution in [3.8, 4) is 0 Å². The molecule has 0 aromatic heterocycles. The van der Waals surface area contributed by atoms with E-state index in [4.69, 9.17) is 4.74 Å². The maximum absolute atomic E-state index is 12.7. The first-order valence-electron chi connectivity index (χ1n) is 16.5. The highest BCUT2D eigenvalue weighted by atomic mass is 16.5. The molecule has 0 bridgehead atoms. The van der Waals surface area contributed by atoms with E-state index >= 15 is 0 Å². The Kier molecular flexibility index (Phi) is 28.5. The van der Waals surface area contributed by atoms with Crippen LogP contribution in [-0.2, 0) is 9.53 Å². The molecule has 0 aliphatic carbocycles. The van der Waals surface area contributed by atoms with Gasteiger partial charge in [-0.25, -0.2) is 0 Å². The van der Waals surface area contributed by atoms with Gasteiger partial charge >= 0.3 is 0 Å². The fraction of sp³-hybridized carbons (Fsp3) is 0.970. The largest absolute Gasteiger partial charge is 0.369 e. The summed E-state index contributed by atoms with van der Waals surface area (Å²) in [6.45, 7) is 10.7. The Morgan fingerprint density at radius 2 is 0.778 bits per heavy atom. The number of rotatable bonds is 29. The number of carbonyl (C=O) groups is 1. The Balaban J connectivity index is 3.84. The van der Waals surface area contributed by atoms with Gasteiger partial charge in [-0.3, -0.25) is 4.79 Å². The fourth-order valence-electron chi connectivity index (χ4n) is 4.98. The van der Waals surface area contributed by atoms with Crippen LogP contribution in [0.2, 0.25) is 0 Å². The standard InChI is InChI=1S/C33H67NO2/c1-5-7-9-11-13-15-17-19-21-23-25-27-29-34(33(35)31-36-32(3)4)30-28-26-24-22-20-18-16-14-12-10-8-6-2/h32H,5-31H2,1-4H3. The van der Waals surface area contributed by atoms with Gasteiger partial charge < -0.3 is 9.64 Å². The van der Waals surface area contributed by atoms with E-state index in [0.29, 0.717) is 0 Å². The van der Waals surface area contributed by atoms with E-state index < -0.39 is 0 Å². The third-order valence-corrected chi connectivity index (χ3v) is 7.46. The molecule has 1 amide bonds. The molecule has 0 aliphatic rings. The van der Waals surface area contributed by atoms with Crippen LogP contribution < -0.4 is 0 Å². The minimum Gasteiger partial charge on any atom is -0.369 e. The summed E-state index contributed by atoms with van der Waals surface area (Å²) in [6.07, 6.45) is 32.7. The highest BCUT2D eigenvalue weighted by Crippen LogP contribution is 2.14. The Bertz CT molecular complexity index is 409. The lowest BCUT2D eigenvalue weighted by Gasteiger charge is -2.23. The van der Waals surface area contributed by atoms with Gasteiger partial charge in [0.2, 0.25) is 5.91 Å². The lowest BCUT2D eigenvalue weighted by atomic mass is 10.0. The Labute approximate surface area is 227 Å². The highest BCUT2D eigenvalue weighted by molar-refractivity contribution is 5.77. The maximum atomic E-state index is 12.7. The van der Waals surface area contributed by atoms with Crippen LogP contribution in [0.25, 0.3) is 0 Å². The molecule has 0 rings (SSSR count). The van der Waals surface area contributed by atoms with Crippen LogP contribution in [0.4, 0.5) is 0 Å². The van der Waals surface area contributed by atoms with E-state index in [1.54, 1.807) is 0 Å². The molecule has 0 aromatic rings. The highest BCUT2D eigenvalue weighted by Gasteiger charge is 2.13. The zero-order valence-corrected chi connectivity index (χ0v) is 25.4. The predicted octanol–water partition coefficient (Wildman–Crippen LogP) is 10.6. The second-order valence-corrected chi connectivity index (χ2v) is 11.5. The molecule has 0 heterocycles. The van der Waals surface area contributed by atoms with Crippen LogP contribution in [-0.4, -0.2) is 36.6 Å². The Hall–Kier alpha value is -0.570. The number of hydrogen-bond acceptors (Lipinski definition) is 2. The quantitative estimate of drug-likeness (QED) is 0.0938. The molecule has 0 atom stereocenters. The van der Waals surface area contributed by atoms with Gasteiger partial charge in [-0.2, -0.15) is 0 Å². The molecule has 0 fully saturated rings. The summed E-state index contributed by atoms with van der Waals surface area (Å²) in [7, 11) is 0. The van der Waals surface area contributed by atoms with Gasteiger partial charge in [0.05, 0.1) is 6.10 Å². The molecule has 0 unspecified atom stereocenters. The van der Waals surface area contributed by atoms with Gasteiger partial charge in [0, 0.05) is 13.1 Å². The van der Waals surface area contributed by atoms with Crippen LogP contribution in [0.15, 0.2) is 0 Å². The summed E-state index contributed by atoms with van der Waals surface area (Å²) >= 11 is 0. The molecular weight excluding hydrogens is 442 g/mol. The fourth-order valence-corrected chi connectivity index (χ4v) is 4.98. The second kappa shape index (κ2) is 29.0. The number of unbranched alkanes of at least 4 members (excludes halogenated alkanes) is 22. The van der Waals surface area contributed by atoms with Crippen LogP contribution >= 0.6 is 0 Å². The zero-order valence-electron chi connectivity index (χ0n) is 25.4. The third kappa shape index (κ3) is 26.5. The van der Waals surface area contributed by atoms with Crippen LogP contribution in [0.1, 0.15) is 182 Å². The first-order valence-corrected chi connectivity index (χ1v) is 16.5. The lowest BCUT2D eigenvalue weighted by molar-refractivity contribution is -0.137. The molecule has 3 nitrogen and oxygen atoms in total. The smallest absolute Gasteiger partial charge is 0.248 e. The van der Waals surface area contributed by atoms with Gasteiger partial charge in [-0.1, -0.05) is 155 Å². The molecule has 36 heavy (non-hydrogen) atoms. The SMILES string of the molecule is CCCCCCCCCCCCCCN(CCCCCCCCCCCCCC)C(=O)COC(C)C. The van der Waals surface area contributed by atoms with Crippen molar-refractivity contribution in [1.82, 2.24) is 4.90 Å². The third-order valence-electron chi connectivity index (χ3n) is 7.46. The number of hydrogen-bond donors (Lipinski definition) is 0. The van der Waals surface area contributed by atoms with Crippen molar-refractivity contribution in [3.05, 3.63) is 0 Å².